The van der Waals surface area contributed by atoms with E-state index in [1.165, 1.54) is 18.0 Å². The van der Waals surface area contributed by atoms with Crippen LogP contribution < -0.4 is 9.46 Å². The van der Waals surface area contributed by atoms with Gasteiger partial charge in [0.15, 0.2) is 0 Å². The molecule has 1 amide bonds. The van der Waals surface area contributed by atoms with Crippen LogP contribution in [0.4, 0.5) is 4.79 Å². The van der Waals surface area contributed by atoms with Gasteiger partial charge in [-0.3, -0.25) is 0 Å². The largest absolute Gasteiger partial charge is 0.463 e. The Bertz CT molecular complexity index is 1330. The topological polar surface area (TPSA) is 103 Å². The summed E-state index contributed by atoms with van der Waals surface area (Å²) in [4.78, 5) is 14.2. The molecule has 10 heteroatoms. The lowest BCUT2D eigenvalue weighted by atomic mass is 10.0. The van der Waals surface area contributed by atoms with Crippen molar-refractivity contribution in [3.63, 3.8) is 0 Å². The number of carbonyl (C=O) groups is 1. The van der Waals surface area contributed by atoms with Crippen molar-refractivity contribution in [3.8, 4) is 5.75 Å². The Kier molecular flexibility index (Phi) is 11.4. The molecule has 1 fully saturated rings. The van der Waals surface area contributed by atoms with E-state index in [2.05, 4.69) is 10.8 Å². The second-order valence-electron chi connectivity index (χ2n) is 11.3. The van der Waals surface area contributed by atoms with Crippen LogP contribution in [-0.4, -0.2) is 58.5 Å². The van der Waals surface area contributed by atoms with Gasteiger partial charge in [0, 0.05) is 44.6 Å². The van der Waals surface area contributed by atoms with E-state index in [4.69, 9.17) is 18.9 Å². The zero-order valence-electron chi connectivity index (χ0n) is 25.0. The van der Waals surface area contributed by atoms with E-state index in [-0.39, 0.29) is 12.2 Å². The van der Waals surface area contributed by atoms with Gasteiger partial charge in [-0.25, -0.2) is 17.9 Å². The molecular weight excluding hydrogens is 556 g/mol. The molecule has 0 unspecified atom stereocenters. The normalized spacial score (nSPS) is 18.2. The number of cyclic esters (lactones) is 1. The molecule has 2 aliphatic heterocycles. The van der Waals surface area contributed by atoms with Gasteiger partial charge in [0.2, 0.25) is 15.8 Å². The Labute approximate surface area is 250 Å². The SMILES string of the molecule is CNS(=O)(=O)/C=C/c1cccc(CCCCOCCCCCCN2C[C@@H](c3ccc4c(c3)COC(C)(C)O4)OC2=O)c1. The van der Waals surface area contributed by atoms with Gasteiger partial charge in [-0.2, -0.15) is 0 Å². The molecule has 2 aromatic rings. The van der Waals surface area contributed by atoms with Crippen LogP contribution in [0.3, 0.4) is 0 Å². The summed E-state index contributed by atoms with van der Waals surface area (Å²) in [7, 11) is -1.97. The lowest BCUT2D eigenvalue weighted by Gasteiger charge is -2.32. The number of nitrogens with one attached hydrogen (secondary N) is 1. The number of sulfonamides is 1. The standard InChI is InChI=1S/C32H44N2O7S/c1-32(2)39-24-28-22-27(14-15-29(28)41-32)30-23-34(31(35)40-30)17-7-4-5-8-18-38-19-9-6-11-25-12-10-13-26(21-25)16-20-42(36,37)33-3/h10,12-16,20-22,30,33H,4-9,11,17-19,23-24H2,1-3H3/b20-16+/t30-/m0/s1. The molecule has 0 spiro atoms. The maximum atomic E-state index is 12.4. The molecule has 9 nitrogen and oxygen atoms in total. The fourth-order valence-electron chi connectivity index (χ4n) is 5.01. The predicted molar refractivity (Wildman–Crippen MR) is 162 cm³/mol. The fraction of sp³-hybridized carbons (Fsp3) is 0.531. The van der Waals surface area contributed by atoms with Gasteiger partial charge >= 0.3 is 6.09 Å². The first-order valence-electron chi connectivity index (χ1n) is 14.8. The Hall–Kier alpha value is -2.92. The van der Waals surface area contributed by atoms with Crippen molar-refractivity contribution in [2.75, 3.05) is 33.4 Å². The zero-order chi connectivity index (χ0) is 30.0. The highest BCUT2D eigenvalue weighted by molar-refractivity contribution is 7.92. The summed E-state index contributed by atoms with van der Waals surface area (Å²) in [6.45, 7) is 7.01. The van der Waals surface area contributed by atoms with E-state index in [1.807, 2.05) is 50.2 Å². The van der Waals surface area contributed by atoms with E-state index >= 15 is 0 Å². The summed E-state index contributed by atoms with van der Waals surface area (Å²) in [6, 6.07) is 13.9. The van der Waals surface area contributed by atoms with E-state index in [9.17, 15) is 13.2 Å². The molecular formula is C32H44N2O7S. The van der Waals surface area contributed by atoms with Gasteiger partial charge in [-0.05, 0) is 74.1 Å². The first-order valence-corrected chi connectivity index (χ1v) is 16.4. The number of ether oxygens (including phenoxy) is 4. The number of carbonyl (C=O) groups excluding carboxylic acids is 1. The molecule has 0 radical (unpaired) electrons. The summed E-state index contributed by atoms with van der Waals surface area (Å²) in [5.41, 5.74) is 4.00. The lowest BCUT2D eigenvalue weighted by Crippen LogP contribution is -2.35. The van der Waals surface area contributed by atoms with Gasteiger partial charge < -0.3 is 23.8 Å². The number of hydrogen-bond acceptors (Lipinski definition) is 7. The number of hydrogen-bond donors (Lipinski definition) is 1. The highest BCUT2D eigenvalue weighted by atomic mass is 32.2. The third-order valence-corrected chi connectivity index (χ3v) is 8.48. The first-order chi connectivity index (χ1) is 20.1. The number of fused-ring (bicyclic) bond motifs is 1. The average molecular weight is 601 g/mol. The summed E-state index contributed by atoms with van der Waals surface area (Å²) in [5, 5.41) is 1.18. The number of unbranched alkanes of at least 4 members (excludes halogenated alkanes) is 4. The van der Waals surface area contributed by atoms with Crippen LogP contribution in [0.2, 0.25) is 0 Å². The monoisotopic (exact) mass is 600 g/mol. The molecule has 42 heavy (non-hydrogen) atoms. The van der Waals surface area contributed by atoms with Crippen molar-refractivity contribution in [2.24, 2.45) is 0 Å². The highest BCUT2D eigenvalue weighted by Crippen LogP contribution is 2.35. The second kappa shape index (κ2) is 15.0. The molecule has 1 saturated heterocycles. The van der Waals surface area contributed by atoms with Crippen LogP contribution in [0.25, 0.3) is 6.08 Å². The molecule has 2 aliphatic rings. The van der Waals surface area contributed by atoms with E-state index in [0.717, 1.165) is 80.6 Å². The molecule has 0 aromatic heterocycles. The summed E-state index contributed by atoms with van der Waals surface area (Å²) in [5.74, 6) is 0.186. The Morgan fingerprint density at radius 3 is 2.64 bits per heavy atom. The minimum atomic E-state index is -3.37. The van der Waals surface area contributed by atoms with E-state index < -0.39 is 15.8 Å². The molecule has 0 bridgehead atoms. The summed E-state index contributed by atoms with van der Waals surface area (Å²) < 4.78 is 48.5. The van der Waals surface area contributed by atoms with Crippen molar-refractivity contribution in [3.05, 3.63) is 70.1 Å². The summed E-state index contributed by atoms with van der Waals surface area (Å²) in [6.07, 6.45) is 8.07. The number of aryl methyl sites for hydroxylation is 1. The number of rotatable bonds is 16. The smallest absolute Gasteiger partial charge is 0.410 e. The van der Waals surface area contributed by atoms with Crippen LogP contribution in [-0.2, 0) is 37.3 Å². The lowest BCUT2D eigenvalue weighted by molar-refractivity contribution is -0.180. The second-order valence-corrected chi connectivity index (χ2v) is 13.0. The van der Waals surface area contributed by atoms with Gasteiger partial charge in [0.25, 0.3) is 0 Å². The van der Waals surface area contributed by atoms with Crippen molar-refractivity contribution in [2.45, 2.75) is 77.3 Å². The van der Waals surface area contributed by atoms with Crippen molar-refractivity contribution in [1.29, 1.82) is 0 Å². The molecule has 230 valence electrons. The highest BCUT2D eigenvalue weighted by Gasteiger charge is 2.33. The van der Waals surface area contributed by atoms with Crippen LogP contribution in [0.5, 0.6) is 5.75 Å². The van der Waals surface area contributed by atoms with Gasteiger partial charge in [-0.1, -0.05) is 43.2 Å². The van der Waals surface area contributed by atoms with E-state index in [0.29, 0.717) is 19.7 Å². The number of benzene rings is 2. The first kappa shape index (κ1) is 32.0. The zero-order valence-corrected chi connectivity index (χ0v) is 25.8. The molecule has 0 aliphatic carbocycles. The third-order valence-electron chi connectivity index (χ3n) is 7.42. The molecule has 0 saturated carbocycles. The van der Waals surface area contributed by atoms with Crippen LogP contribution in [0.1, 0.15) is 80.7 Å². The minimum absolute atomic E-state index is 0.250. The van der Waals surface area contributed by atoms with Crippen molar-refractivity contribution < 1.29 is 32.2 Å². The third kappa shape index (κ3) is 9.83. The molecule has 2 heterocycles. The quantitative estimate of drug-likeness (QED) is 0.238. The van der Waals surface area contributed by atoms with E-state index in [1.54, 1.807) is 11.0 Å². The maximum absolute atomic E-state index is 12.4. The molecule has 1 N–H and O–H groups in total. The van der Waals surface area contributed by atoms with Gasteiger partial charge in [0.1, 0.15) is 11.9 Å². The van der Waals surface area contributed by atoms with Gasteiger partial charge in [0.05, 0.1) is 13.2 Å². The average Bonchev–Trinajstić information content (AvgIpc) is 3.34. The molecule has 1 atom stereocenters. The maximum Gasteiger partial charge on any atom is 0.410 e. The predicted octanol–water partition coefficient (Wildman–Crippen LogP) is 5.94. The van der Waals surface area contributed by atoms with Crippen LogP contribution in [0.15, 0.2) is 47.9 Å². The van der Waals surface area contributed by atoms with Crippen LogP contribution >= 0.6 is 0 Å². The van der Waals surface area contributed by atoms with Crippen molar-refractivity contribution >= 4 is 22.2 Å². The minimum Gasteiger partial charge on any atom is -0.463 e. The fourth-order valence-corrected chi connectivity index (χ4v) is 5.48. The summed E-state index contributed by atoms with van der Waals surface area (Å²) >= 11 is 0. The van der Waals surface area contributed by atoms with Gasteiger partial charge in [-0.15, -0.1) is 0 Å². The van der Waals surface area contributed by atoms with Crippen LogP contribution in [0, 0.1) is 0 Å². The Morgan fingerprint density at radius 1 is 1.05 bits per heavy atom. The number of nitrogens with zero attached hydrogens (tertiary/aromatic N) is 1. The Morgan fingerprint density at radius 2 is 1.83 bits per heavy atom. The number of amides is 1. The molecule has 2 aromatic carbocycles. The Balaban J connectivity index is 1.03. The molecule has 4 rings (SSSR count). The van der Waals surface area contributed by atoms with Crippen molar-refractivity contribution in [1.82, 2.24) is 9.62 Å².